The molecule has 2 aromatic rings. The van der Waals surface area contributed by atoms with E-state index in [1.807, 2.05) is 24.3 Å². The molecule has 3 rings (SSSR count). The maximum Gasteiger partial charge on any atom is 0.309 e. The Hall–Kier alpha value is -0.660. The fraction of sp³-hybridized carbons (Fsp3) is 0.316. The summed E-state index contributed by atoms with van der Waals surface area (Å²) in [5.74, 6) is -0.568. The monoisotopic (exact) mass is 594 g/mol. The molecule has 1 heterocycles. The fourth-order valence-electron chi connectivity index (χ4n) is 3.02. The van der Waals surface area contributed by atoms with Crippen LogP contribution in [0, 0.1) is 5.92 Å². The summed E-state index contributed by atoms with van der Waals surface area (Å²) in [6, 6.07) is 9.26. The molecule has 0 saturated heterocycles. The van der Waals surface area contributed by atoms with Crippen molar-refractivity contribution >= 4 is 66.4 Å². The first-order valence-corrected chi connectivity index (χ1v) is 12.8. The molecule has 28 heavy (non-hydrogen) atoms. The van der Waals surface area contributed by atoms with Crippen molar-refractivity contribution in [2.75, 3.05) is 19.4 Å². The van der Waals surface area contributed by atoms with Crippen LogP contribution in [0.5, 0.6) is 5.75 Å². The molecule has 0 radical (unpaired) electrons. The smallest absolute Gasteiger partial charge is 0.309 e. The summed E-state index contributed by atoms with van der Waals surface area (Å²) in [7, 11) is -3.36. The van der Waals surface area contributed by atoms with Gasteiger partial charge in [-0.25, -0.2) is 0 Å². The van der Waals surface area contributed by atoms with Gasteiger partial charge in [-0.2, -0.15) is 0 Å². The van der Waals surface area contributed by atoms with Gasteiger partial charge >= 0.3 is 5.97 Å². The predicted molar refractivity (Wildman–Crippen MR) is 120 cm³/mol. The van der Waals surface area contributed by atoms with Crippen molar-refractivity contribution in [3.8, 4) is 16.9 Å². The summed E-state index contributed by atoms with van der Waals surface area (Å²) < 4.78 is 27.5. The predicted octanol–water partition coefficient (Wildman–Crippen LogP) is 5.50. The zero-order valence-corrected chi connectivity index (χ0v) is 20.6. The number of esters is 1. The first-order chi connectivity index (χ1) is 13.2. The van der Waals surface area contributed by atoms with Crippen LogP contribution in [-0.4, -0.2) is 30.5 Å². The number of aliphatic hydroxyl groups excluding tert-OH is 1. The van der Waals surface area contributed by atoms with E-state index < -0.39 is 19.3 Å². The molecule has 2 aromatic carbocycles. The van der Waals surface area contributed by atoms with Gasteiger partial charge in [0.2, 0.25) is 0 Å². The van der Waals surface area contributed by atoms with E-state index in [9.17, 15) is 9.36 Å². The van der Waals surface area contributed by atoms with Gasteiger partial charge in [0.25, 0.3) is 7.37 Å². The Bertz CT molecular complexity index is 963. The van der Waals surface area contributed by atoms with Crippen LogP contribution in [0.25, 0.3) is 11.1 Å². The molecular formula is C19H18Br3O5P. The van der Waals surface area contributed by atoms with Crippen LogP contribution in [0.4, 0.5) is 0 Å². The van der Waals surface area contributed by atoms with Crippen LogP contribution in [0.2, 0.25) is 0 Å². The van der Waals surface area contributed by atoms with Gasteiger partial charge in [0.05, 0.1) is 28.5 Å². The second-order valence-electron chi connectivity index (χ2n) is 6.52. The minimum Gasteiger partial charge on any atom is -0.465 e. The third-order valence-electron chi connectivity index (χ3n) is 4.33. The minimum atomic E-state index is -3.36. The summed E-state index contributed by atoms with van der Waals surface area (Å²) in [5.41, 5.74) is 1.63. The highest BCUT2D eigenvalue weighted by atomic mass is 79.9. The van der Waals surface area contributed by atoms with Crippen molar-refractivity contribution in [1.82, 2.24) is 0 Å². The number of carbonyl (C=O) groups is 1. The minimum absolute atomic E-state index is 0.0293. The molecule has 0 aliphatic carbocycles. The number of carbonyl (C=O) groups excluding carboxylic acids is 1. The van der Waals surface area contributed by atoms with Gasteiger partial charge in [0.15, 0.2) is 0 Å². The number of aliphatic hydroxyl groups is 1. The zero-order valence-electron chi connectivity index (χ0n) is 15.0. The number of hydrogen-bond donors (Lipinski definition) is 1. The summed E-state index contributed by atoms with van der Waals surface area (Å²) in [5, 5.41) is 9.41. The molecule has 150 valence electrons. The molecule has 9 heteroatoms. The van der Waals surface area contributed by atoms with Crippen LogP contribution < -0.4 is 9.83 Å². The molecule has 2 unspecified atom stereocenters. The number of rotatable bonds is 6. The Morgan fingerprint density at radius 3 is 2.61 bits per heavy atom. The molecule has 0 aromatic heterocycles. The van der Waals surface area contributed by atoms with E-state index in [-0.39, 0.29) is 19.4 Å². The van der Waals surface area contributed by atoms with Crippen molar-refractivity contribution in [2.24, 2.45) is 5.92 Å². The number of halogens is 3. The highest BCUT2D eigenvalue weighted by Crippen LogP contribution is 2.58. The normalized spacial score (nSPS) is 18.6. The molecule has 0 amide bonds. The van der Waals surface area contributed by atoms with Gasteiger partial charge in [0, 0.05) is 33.1 Å². The molecule has 2 atom stereocenters. The number of fused-ring (bicyclic) bond motifs is 3. The van der Waals surface area contributed by atoms with E-state index in [0.29, 0.717) is 21.9 Å². The molecular weight excluding hydrogens is 579 g/mol. The highest BCUT2D eigenvalue weighted by Gasteiger charge is 2.40. The first-order valence-electron chi connectivity index (χ1n) is 8.61. The molecule has 0 saturated carbocycles. The van der Waals surface area contributed by atoms with Gasteiger partial charge in [-0.1, -0.05) is 38.8 Å². The van der Waals surface area contributed by atoms with Gasteiger partial charge in [-0.15, -0.1) is 0 Å². The third-order valence-corrected chi connectivity index (χ3v) is 8.50. The van der Waals surface area contributed by atoms with E-state index in [4.69, 9.17) is 14.4 Å². The second-order valence-corrected chi connectivity index (χ2v) is 11.6. The van der Waals surface area contributed by atoms with Crippen molar-refractivity contribution in [2.45, 2.75) is 13.3 Å². The lowest BCUT2D eigenvalue weighted by Gasteiger charge is -2.31. The van der Waals surface area contributed by atoms with Crippen molar-refractivity contribution in [3.05, 3.63) is 43.7 Å². The second kappa shape index (κ2) is 9.00. The van der Waals surface area contributed by atoms with Crippen LogP contribution in [-0.2, 0) is 14.1 Å². The van der Waals surface area contributed by atoms with Crippen molar-refractivity contribution in [1.29, 1.82) is 0 Å². The van der Waals surface area contributed by atoms with Crippen LogP contribution in [0.15, 0.2) is 43.7 Å². The van der Waals surface area contributed by atoms with Crippen LogP contribution in [0.1, 0.15) is 13.3 Å². The quantitative estimate of drug-likeness (QED) is 0.271. The maximum atomic E-state index is 13.9. The molecule has 1 N–H and O–H groups in total. The Balaban J connectivity index is 1.99. The molecule has 1 aliphatic rings. The van der Waals surface area contributed by atoms with E-state index in [2.05, 4.69) is 47.8 Å². The van der Waals surface area contributed by atoms with E-state index in [1.54, 1.807) is 13.0 Å². The number of benzene rings is 2. The molecule has 1 aliphatic heterocycles. The average molecular weight is 597 g/mol. The average Bonchev–Trinajstić information content (AvgIpc) is 2.63. The lowest BCUT2D eigenvalue weighted by atomic mass is 10.0. The maximum absolute atomic E-state index is 13.9. The summed E-state index contributed by atoms with van der Waals surface area (Å²) in [6.07, 6.45) is 0.403. The lowest BCUT2D eigenvalue weighted by molar-refractivity contribution is -0.147. The fourth-order valence-corrected chi connectivity index (χ4v) is 7.40. The van der Waals surface area contributed by atoms with E-state index in [0.717, 1.165) is 20.1 Å². The molecule has 0 spiro atoms. The Kier molecular flexibility index (Phi) is 7.09. The van der Waals surface area contributed by atoms with Gasteiger partial charge in [0.1, 0.15) is 5.75 Å². The molecule has 5 nitrogen and oxygen atoms in total. The Labute approximate surface area is 188 Å². The topological polar surface area (TPSA) is 72.8 Å². The van der Waals surface area contributed by atoms with Crippen LogP contribution in [0.3, 0.4) is 0 Å². The Morgan fingerprint density at radius 1 is 1.18 bits per heavy atom. The zero-order chi connectivity index (χ0) is 20.5. The van der Waals surface area contributed by atoms with Gasteiger partial charge < -0.3 is 14.4 Å². The number of hydrogen-bond acceptors (Lipinski definition) is 5. The van der Waals surface area contributed by atoms with Gasteiger partial charge in [-0.05, 0) is 46.3 Å². The van der Waals surface area contributed by atoms with E-state index in [1.165, 1.54) is 0 Å². The summed E-state index contributed by atoms with van der Waals surface area (Å²) in [6.45, 7) is 1.76. The SMILES string of the molecule is CC(CP1(=O)Oc2c(Br)cc(Br)cc2-c2cc(Br)ccc21)C(=O)OCCCO. The highest BCUT2D eigenvalue weighted by molar-refractivity contribution is 9.11. The number of ether oxygens (including phenoxy) is 1. The van der Waals surface area contributed by atoms with Gasteiger partial charge in [-0.3, -0.25) is 9.36 Å². The largest absolute Gasteiger partial charge is 0.465 e. The van der Waals surface area contributed by atoms with Crippen LogP contribution >= 0.6 is 55.2 Å². The summed E-state index contributed by atoms with van der Waals surface area (Å²) in [4.78, 5) is 12.3. The third kappa shape index (κ3) is 4.57. The summed E-state index contributed by atoms with van der Waals surface area (Å²) >= 11 is 10.5. The molecule has 0 fully saturated rings. The van der Waals surface area contributed by atoms with Crippen molar-refractivity contribution < 1.29 is 23.7 Å². The lowest BCUT2D eigenvalue weighted by Crippen LogP contribution is -2.26. The Morgan fingerprint density at radius 2 is 1.89 bits per heavy atom. The standard InChI is InChI=1S/C19H18Br3O5P/c1-11(19(24)26-6-2-5-23)10-28(25)17-4-3-12(20)7-14(17)15-8-13(21)9-16(22)18(15)27-28/h3-4,7-9,11,23H,2,5-6,10H2,1H3. The van der Waals surface area contributed by atoms with Crippen molar-refractivity contribution in [3.63, 3.8) is 0 Å². The molecule has 0 bridgehead atoms. The van der Waals surface area contributed by atoms with E-state index >= 15 is 0 Å². The first kappa shape index (κ1) is 22.0.